The molecule has 2 aromatic rings. The maximum Gasteiger partial charge on any atom is 0.410 e. The summed E-state index contributed by atoms with van der Waals surface area (Å²) < 4.78 is 23.5. The molecule has 9 heteroatoms. The van der Waals surface area contributed by atoms with Crippen LogP contribution in [0.2, 0.25) is 0 Å². The Morgan fingerprint density at radius 1 is 1.03 bits per heavy atom. The van der Waals surface area contributed by atoms with Crippen LogP contribution in [0.3, 0.4) is 0 Å². The standard InChI is InChI=1S/C30H42N4O5/c1-20-5-9-22(10-6-20)32-28-31-17-26(27(33-28)38-25-14-16-36-19-25)21-7-11-23(12-8-21)37-24-13-15-34(18-24)29(35)39-30(2,3)4/h7-8,11-12,17,20,22,24-25H,5-6,9-10,13-16,18-19H2,1-4H3,(H,31,32,33)/t20-,22-,24?,25-/m1/s1. The number of nitrogens with zero attached hydrogens (tertiary/aromatic N) is 3. The highest BCUT2D eigenvalue weighted by Gasteiger charge is 2.31. The summed E-state index contributed by atoms with van der Waals surface area (Å²) in [4.78, 5) is 23.5. The second-order valence-electron chi connectivity index (χ2n) is 12.1. The summed E-state index contributed by atoms with van der Waals surface area (Å²) in [6.45, 7) is 10.4. The van der Waals surface area contributed by atoms with Gasteiger partial charge in [0.15, 0.2) is 0 Å². The number of rotatable bonds is 7. The van der Waals surface area contributed by atoms with Gasteiger partial charge in [-0.2, -0.15) is 4.98 Å². The molecule has 39 heavy (non-hydrogen) atoms. The van der Waals surface area contributed by atoms with Crippen molar-refractivity contribution in [3.63, 3.8) is 0 Å². The predicted octanol–water partition coefficient (Wildman–Crippen LogP) is 5.69. The highest BCUT2D eigenvalue weighted by molar-refractivity contribution is 5.69. The van der Waals surface area contributed by atoms with Gasteiger partial charge in [0, 0.05) is 31.6 Å². The van der Waals surface area contributed by atoms with Crippen LogP contribution in [0.1, 0.15) is 66.2 Å². The van der Waals surface area contributed by atoms with Crippen molar-refractivity contribution in [2.45, 2.75) is 90.1 Å². The van der Waals surface area contributed by atoms with E-state index in [2.05, 4.69) is 17.2 Å². The Morgan fingerprint density at radius 2 is 1.79 bits per heavy atom. The molecule has 3 fully saturated rings. The number of carbonyl (C=O) groups excluding carboxylic acids is 1. The van der Waals surface area contributed by atoms with Crippen LogP contribution in [-0.2, 0) is 9.47 Å². The van der Waals surface area contributed by atoms with E-state index < -0.39 is 5.60 Å². The number of nitrogens with one attached hydrogen (secondary N) is 1. The maximum atomic E-state index is 12.4. The zero-order valence-corrected chi connectivity index (χ0v) is 23.7. The van der Waals surface area contributed by atoms with Gasteiger partial charge < -0.3 is 29.2 Å². The summed E-state index contributed by atoms with van der Waals surface area (Å²) in [5, 5.41) is 3.53. The van der Waals surface area contributed by atoms with Gasteiger partial charge in [-0.15, -0.1) is 0 Å². The van der Waals surface area contributed by atoms with Crippen LogP contribution in [-0.4, -0.2) is 71.1 Å². The van der Waals surface area contributed by atoms with Crippen molar-refractivity contribution in [1.29, 1.82) is 0 Å². The first-order valence-corrected chi connectivity index (χ1v) is 14.3. The molecule has 0 bridgehead atoms. The second-order valence-corrected chi connectivity index (χ2v) is 12.1. The summed E-state index contributed by atoms with van der Waals surface area (Å²) in [5.41, 5.74) is 1.29. The Morgan fingerprint density at radius 3 is 2.49 bits per heavy atom. The number of anilines is 1. The minimum Gasteiger partial charge on any atom is -0.489 e. The topological polar surface area (TPSA) is 95.0 Å². The zero-order chi connectivity index (χ0) is 27.4. The quantitative estimate of drug-likeness (QED) is 0.480. The Bertz CT molecular complexity index is 1110. The predicted molar refractivity (Wildman–Crippen MR) is 149 cm³/mol. The average Bonchev–Trinajstić information content (AvgIpc) is 3.58. The zero-order valence-electron chi connectivity index (χ0n) is 23.7. The molecule has 5 rings (SSSR count). The molecule has 0 spiro atoms. The molecule has 1 N–H and O–H groups in total. The molecule has 3 heterocycles. The Hall–Kier alpha value is -3.07. The number of benzene rings is 1. The van der Waals surface area contributed by atoms with Crippen molar-refractivity contribution < 1.29 is 23.7 Å². The van der Waals surface area contributed by atoms with E-state index >= 15 is 0 Å². The van der Waals surface area contributed by atoms with E-state index in [0.29, 0.717) is 44.2 Å². The van der Waals surface area contributed by atoms with Gasteiger partial charge in [0.25, 0.3) is 0 Å². The van der Waals surface area contributed by atoms with Crippen LogP contribution >= 0.6 is 0 Å². The molecule has 1 saturated carbocycles. The van der Waals surface area contributed by atoms with Crippen molar-refractivity contribution in [3.05, 3.63) is 30.5 Å². The molecule has 2 atom stereocenters. The average molecular weight is 539 g/mol. The fraction of sp³-hybridized carbons (Fsp3) is 0.633. The van der Waals surface area contributed by atoms with Crippen molar-refractivity contribution in [3.8, 4) is 22.8 Å². The first-order valence-electron chi connectivity index (χ1n) is 14.3. The summed E-state index contributed by atoms with van der Waals surface area (Å²) >= 11 is 0. The molecule has 2 saturated heterocycles. The first-order chi connectivity index (χ1) is 18.7. The number of likely N-dealkylation sites (tertiary alicyclic amines) is 1. The molecule has 1 aromatic heterocycles. The number of ether oxygens (including phenoxy) is 4. The van der Waals surface area contributed by atoms with E-state index in [1.165, 1.54) is 12.8 Å². The largest absolute Gasteiger partial charge is 0.489 e. The van der Waals surface area contributed by atoms with Crippen LogP contribution in [0.15, 0.2) is 30.5 Å². The van der Waals surface area contributed by atoms with Gasteiger partial charge in [-0.25, -0.2) is 9.78 Å². The lowest BCUT2D eigenvalue weighted by molar-refractivity contribution is 0.0275. The number of amides is 1. The Labute approximate surface area is 231 Å². The van der Waals surface area contributed by atoms with E-state index in [-0.39, 0.29) is 18.3 Å². The molecule has 212 valence electrons. The summed E-state index contributed by atoms with van der Waals surface area (Å²) in [6, 6.07) is 8.30. The van der Waals surface area contributed by atoms with Crippen molar-refractivity contribution in [2.75, 3.05) is 31.6 Å². The van der Waals surface area contributed by atoms with Crippen LogP contribution in [0.25, 0.3) is 11.1 Å². The molecule has 2 aliphatic heterocycles. The van der Waals surface area contributed by atoms with Crippen LogP contribution in [0.5, 0.6) is 11.6 Å². The van der Waals surface area contributed by atoms with E-state index in [1.54, 1.807) is 4.90 Å². The van der Waals surface area contributed by atoms with Crippen LogP contribution < -0.4 is 14.8 Å². The van der Waals surface area contributed by atoms with Crippen LogP contribution in [0, 0.1) is 5.92 Å². The van der Waals surface area contributed by atoms with Gasteiger partial charge in [-0.3, -0.25) is 0 Å². The highest BCUT2D eigenvalue weighted by Crippen LogP contribution is 2.33. The minimum atomic E-state index is -0.508. The molecule has 3 aliphatic rings. The molecule has 0 radical (unpaired) electrons. The third kappa shape index (κ3) is 7.53. The number of carbonyl (C=O) groups is 1. The third-order valence-corrected chi connectivity index (χ3v) is 7.53. The van der Waals surface area contributed by atoms with Gasteiger partial charge >= 0.3 is 6.09 Å². The van der Waals surface area contributed by atoms with E-state index in [9.17, 15) is 4.79 Å². The number of hydrogen-bond donors (Lipinski definition) is 1. The lowest BCUT2D eigenvalue weighted by Crippen LogP contribution is -2.36. The first kappa shape index (κ1) is 27.5. The lowest BCUT2D eigenvalue weighted by Gasteiger charge is -2.27. The summed E-state index contributed by atoms with van der Waals surface area (Å²) in [5.74, 6) is 2.73. The summed E-state index contributed by atoms with van der Waals surface area (Å²) in [6.07, 6.45) is 7.82. The fourth-order valence-corrected chi connectivity index (χ4v) is 5.30. The van der Waals surface area contributed by atoms with E-state index in [1.807, 2.05) is 51.2 Å². The maximum absolute atomic E-state index is 12.4. The molecular weight excluding hydrogens is 496 g/mol. The normalized spacial score (nSPS) is 25.4. The van der Waals surface area contributed by atoms with Gasteiger partial charge in [0.2, 0.25) is 11.8 Å². The lowest BCUT2D eigenvalue weighted by atomic mass is 9.87. The van der Waals surface area contributed by atoms with Crippen molar-refractivity contribution in [1.82, 2.24) is 14.9 Å². The molecular formula is C30H42N4O5. The van der Waals surface area contributed by atoms with Gasteiger partial charge in [0.05, 0.1) is 25.3 Å². The molecule has 1 aromatic carbocycles. The molecule has 1 unspecified atom stereocenters. The smallest absolute Gasteiger partial charge is 0.410 e. The monoisotopic (exact) mass is 538 g/mol. The number of aromatic nitrogens is 2. The molecule has 1 amide bonds. The third-order valence-electron chi connectivity index (χ3n) is 7.53. The highest BCUT2D eigenvalue weighted by atomic mass is 16.6. The van der Waals surface area contributed by atoms with Gasteiger partial charge in [-0.05, 0) is 70.1 Å². The Kier molecular flexibility index (Phi) is 8.45. The van der Waals surface area contributed by atoms with Gasteiger partial charge in [0.1, 0.15) is 23.6 Å². The minimum absolute atomic E-state index is 0.0140. The van der Waals surface area contributed by atoms with E-state index in [4.69, 9.17) is 23.9 Å². The number of hydrogen-bond acceptors (Lipinski definition) is 8. The molecule has 1 aliphatic carbocycles. The fourth-order valence-electron chi connectivity index (χ4n) is 5.30. The molecule has 9 nitrogen and oxygen atoms in total. The van der Waals surface area contributed by atoms with Crippen molar-refractivity contribution >= 4 is 12.0 Å². The summed E-state index contributed by atoms with van der Waals surface area (Å²) in [7, 11) is 0. The van der Waals surface area contributed by atoms with Gasteiger partial charge in [-0.1, -0.05) is 19.1 Å². The second kappa shape index (κ2) is 12.0. The van der Waals surface area contributed by atoms with Crippen molar-refractivity contribution in [2.24, 2.45) is 5.92 Å². The van der Waals surface area contributed by atoms with E-state index in [0.717, 1.165) is 48.5 Å². The SMILES string of the molecule is CC(C)(C)OC(=O)N1CCC(Oc2ccc(-c3cnc(N[C@H]4CC[C@H](C)CC4)nc3O[C@@H]3CCOC3)cc2)C1. The van der Waals surface area contributed by atoms with Crippen LogP contribution in [0.4, 0.5) is 10.7 Å². The Balaban J connectivity index is 1.25.